The highest BCUT2D eigenvalue weighted by atomic mass is 16.3. The van der Waals surface area contributed by atoms with E-state index in [0.717, 1.165) is 25.9 Å². The zero-order valence-electron chi connectivity index (χ0n) is 14.4. The molecule has 0 saturated carbocycles. The Kier molecular flexibility index (Phi) is 3.65. The van der Waals surface area contributed by atoms with Gasteiger partial charge in [-0.1, -0.05) is 36.4 Å². The number of aliphatic hydroxyl groups is 1. The highest BCUT2D eigenvalue weighted by molar-refractivity contribution is 5.88. The maximum Gasteiger partial charge on any atom is 0.0557 e. The van der Waals surface area contributed by atoms with Crippen molar-refractivity contribution in [2.45, 2.75) is 25.3 Å². The Bertz CT molecular complexity index is 899. The molecule has 3 nitrogen and oxygen atoms in total. The molecule has 0 radical (unpaired) electrons. The Morgan fingerprint density at radius 3 is 2.60 bits per heavy atom. The summed E-state index contributed by atoms with van der Waals surface area (Å²) in [6.45, 7) is 2.53. The van der Waals surface area contributed by atoms with E-state index in [1.165, 1.54) is 34.3 Å². The molecule has 2 aliphatic heterocycles. The van der Waals surface area contributed by atoms with Crippen LogP contribution in [0.1, 0.15) is 30.1 Å². The Balaban J connectivity index is 1.82. The van der Waals surface area contributed by atoms with E-state index < -0.39 is 0 Å². The van der Waals surface area contributed by atoms with Crippen molar-refractivity contribution in [1.29, 1.82) is 0 Å². The summed E-state index contributed by atoms with van der Waals surface area (Å²) in [4.78, 5) is 2.60. The average Bonchev–Trinajstić information content (AvgIpc) is 3.02. The SMILES string of the molecule is OC[C@@H]1CCCN2CCc3c(n(-c4ccccc4)c4ccccc34)C12. The van der Waals surface area contributed by atoms with Crippen molar-refractivity contribution < 1.29 is 5.11 Å². The Hall–Kier alpha value is -2.10. The number of fused-ring (bicyclic) bond motifs is 5. The molecule has 3 heteroatoms. The van der Waals surface area contributed by atoms with Gasteiger partial charge in [-0.15, -0.1) is 0 Å². The highest BCUT2D eigenvalue weighted by Gasteiger charge is 2.39. The van der Waals surface area contributed by atoms with Gasteiger partial charge in [0.05, 0.1) is 11.6 Å². The fourth-order valence-electron chi connectivity index (χ4n) is 5.00. The van der Waals surface area contributed by atoms with Crippen molar-refractivity contribution in [3.8, 4) is 5.69 Å². The lowest BCUT2D eigenvalue weighted by atomic mass is 9.83. The fraction of sp³-hybridized carbons (Fsp3) is 0.364. The van der Waals surface area contributed by atoms with Crippen molar-refractivity contribution in [3.05, 3.63) is 65.9 Å². The topological polar surface area (TPSA) is 28.4 Å². The molecule has 0 spiro atoms. The van der Waals surface area contributed by atoms with Crippen LogP contribution < -0.4 is 0 Å². The van der Waals surface area contributed by atoms with E-state index >= 15 is 0 Å². The van der Waals surface area contributed by atoms with E-state index in [1.54, 1.807) is 0 Å². The monoisotopic (exact) mass is 332 g/mol. The molecular weight excluding hydrogens is 308 g/mol. The zero-order chi connectivity index (χ0) is 16.8. The predicted molar refractivity (Wildman–Crippen MR) is 101 cm³/mol. The maximum atomic E-state index is 10.1. The van der Waals surface area contributed by atoms with Crippen LogP contribution in [0.25, 0.3) is 16.6 Å². The number of rotatable bonds is 2. The Morgan fingerprint density at radius 1 is 0.960 bits per heavy atom. The van der Waals surface area contributed by atoms with Gasteiger partial charge >= 0.3 is 0 Å². The maximum absolute atomic E-state index is 10.1. The first-order chi connectivity index (χ1) is 12.4. The molecule has 5 rings (SSSR count). The molecule has 2 atom stereocenters. The second kappa shape index (κ2) is 6.01. The molecule has 3 aromatic rings. The lowest BCUT2D eigenvalue weighted by molar-refractivity contribution is 0.0453. The van der Waals surface area contributed by atoms with Crippen molar-refractivity contribution >= 4 is 10.9 Å². The van der Waals surface area contributed by atoms with Gasteiger partial charge in [0.25, 0.3) is 0 Å². The van der Waals surface area contributed by atoms with Gasteiger partial charge < -0.3 is 9.67 Å². The summed E-state index contributed by atoms with van der Waals surface area (Å²) in [5.41, 5.74) is 5.42. The van der Waals surface area contributed by atoms with Gasteiger partial charge in [0.1, 0.15) is 0 Å². The van der Waals surface area contributed by atoms with Gasteiger partial charge in [-0.3, -0.25) is 4.90 Å². The van der Waals surface area contributed by atoms with E-state index in [1.807, 2.05) is 0 Å². The minimum Gasteiger partial charge on any atom is -0.396 e. The van der Waals surface area contributed by atoms with Crippen LogP contribution in [-0.2, 0) is 6.42 Å². The summed E-state index contributed by atoms with van der Waals surface area (Å²) >= 11 is 0. The molecule has 0 bridgehead atoms. The van der Waals surface area contributed by atoms with Gasteiger partial charge in [-0.05, 0) is 49.6 Å². The minimum atomic E-state index is 0.275. The van der Waals surface area contributed by atoms with Gasteiger partial charge in [0.2, 0.25) is 0 Å². The van der Waals surface area contributed by atoms with Crippen LogP contribution >= 0.6 is 0 Å². The molecule has 1 unspecified atom stereocenters. The van der Waals surface area contributed by atoms with Crippen LogP contribution in [-0.4, -0.2) is 34.3 Å². The second-order valence-electron chi connectivity index (χ2n) is 7.37. The van der Waals surface area contributed by atoms with E-state index in [9.17, 15) is 5.11 Å². The highest BCUT2D eigenvalue weighted by Crippen LogP contribution is 2.45. The molecule has 128 valence electrons. The second-order valence-corrected chi connectivity index (χ2v) is 7.37. The number of aromatic nitrogens is 1. The van der Waals surface area contributed by atoms with Gasteiger partial charge in [0.15, 0.2) is 0 Å². The molecule has 1 aromatic heterocycles. The summed E-state index contributed by atoms with van der Waals surface area (Å²) in [5, 5.41) is 11.4. The predicted octanol–water partition coefficient (Wildman–Crippen LogP) is 3.93. The van der Waals surface area contributed by atoms with Crippen molar-refractivity contribution in [2.24, 2.45) is 5.92 Å². The Morgan fingerprint density at radius 2 is 1.76 bits per heavy atom. The summed E-state index contributed by atoms with van der Waals surface area (Å²) in [6.07, 6.45) is 3.42. The quantitative estimate of drug-likeness (QED) is 0.770. The van der Waals surface area contributed by atoms with Crippen LogP contribution in [0.2, 0.25) is 0 Å². The van der Waals surface area contributed by atoms with E-state index in [2.05, 4.69) is 64.1 Å². The first kappa shape index (κ1) is 15.2. The summed E-state index contributed by atoms with van der Waals surface area (Å²) in [7, 11) is 0. The van der Waals surface area contributed by atoms with Gasteiger partial charge in [-0.2, -0.15) is 0 Å². The molecule has 1 saturated heterocycles. The number of aliphatic hydroxyl groups excluding tert-OH is 1. The van der Waals surface area contributed by atoms with E-state index in [-0.39, 0.29) is 6.61 Å². The third kappa shape index (κ3) is 2.26. The van der Waals surface area contributed by atoms with Gasteiger partial charge in [-0.25, -0.2) is 0 Å². The van der Waals surface area contributed by atoms with Crippen molar-refractivity contribution in [2.75, 3.05) is 19.7 Å². The number of benzene rings is 2. The molecule has 0 amide bonds. The van der Waals surface area contributed by atoms with Gasteiger partial charge in [0, 0.05) is 35.8 Å². The van der Waals surface area contributed by atoms with Crippen LogP contribution in [0.15, 0.2) is 54.6 Å². The molecular formula is C22H24N2O. The first-order valence-corrected chi connectivity index (χ1v) is 9.41. The van der Waals surface area contributed by atoms with Crippen LogP contribution in [0.4, 0.5) is 0 Å². The largest absolute Gasteiger partial charge is 0.396 e. The molecule has 1 fully saturated rings. The first-order valence-electron chi connectivity index (χ1n) is 9.41. The fourth-order valence-corrected chi connectivity index (χ4v) is 5.00. The average molecular weight is 332 g/mol. The number of nitrogens with zero attached hydrogens (tertiary/aromatic N) is 2. The standard InChI is InChI=1S/C22H24N2O/c25-15-16-7-6-13-23-14-12-19-18-10-4-5-11-20(18)24(22(19)21(16)23)17-8-2-1-3-9-17/h1-5,8-11,16,21,25H,6-7,12-15H2/t16-,21?/m0/s1. The summed E-state index contributed by atoms with van der Waals surface area (Å²) < 4.78 is 2.45. The number of piperidine rings is 1. The van der Waals surface area contributed by atoms with Crippen LogP contribution in [0.5, 0.6) is 0 Å². The molecule has 2 aromatic carbocycles. The smallest absolute Gasteiger partial charge is 0.0557 e. The molecule has 3 heterocycles. The van der Waals surface area contributed by atoms with E-state index in [0.29, 0.717) is 12.0 Å². The minimum absolute atomic E-state index is 0.275. The third-order valence-electron chi connectivity index (χ3n) is 6.06. The normalized spacial score (nSPS) is 23.4. The lowest BCUT2D eigenvalue weighted by Crippen LogP contribution is -2.45. The zero-order valence-corrected chi connectivity index (χ0v) is 14.4. The van der Waals surface area contributed by atoms with Crippen molar-refractivity contribution in [1.82, 2.24) is 9.47 Å². The summed E-state index contributed by atoms with van der Waals surface area (Å²) in [6, 6.07) is 19.8. The number of hydrogen-bond donors (Lipinski definition) is 1. The molecule has 25 heavy (non-hydrogen) atoms. The van der Waals surface area contributed by atoms with Crippen LogP contribution in [0, 0.1) is 5.92 Å². The molecule has 2 aliphatic rings. The molecule has 1 N–H and O–H groups in total. The third-order valence-corrected chi connectivity index (χ3v) is 6.06. The summed E-state index contributed by atoms with van der Waals surface area (Å²) in [5.74, 6) is 0.333. The van der Waals surface area contributed by atoms with Crippen molar-refractivity contribution in [3.63, 3.8) is 0 Å². The lowest BCUT2D eigenvalue weighted by Gasteiger charge is -2.44. The van der Waals surface area contributed by atoms with E-state index in [4.69, 9.17) is 0 Å². The Labute approximate surface area is 148 Å². The number of para-hydroxylation sites is 2. The van der Waals surface area contributed by atoms with Crippen LogP contribution in [0.3, 0.4) is 0 Å². The molecule has 0 aliphatic carbocycles. The number of hydrogen-bond acceptors (Lipinski definition) is 2.